The van der Waals surface area contributed by atoms with Crippen LogP contribution in [0.1, 0.15) is 23.6 Å². The first-order chi connectivity index (χ1) is 24.7. The Hall–Kier alpha value is -6.38. The average molecular weight is 639 g/mol. The summed E-state index contributed by atoms with van der Waals surface area (Å²) < 4.78 is 0. The lowest BCUT2D eigenvalue weighted by atomic mass is 9.73. The number of hydrogen-bond donors (Lipinski definition) is 0. The number of rotatable bonds is 6. The van der Waals surface area contributed by atoms with E-state index < -0.39 is 0 Å². The molecule has 2 heterocycles. The third-order valence-corrected chi connectivity index (χ3v) is 10.3. The monoisotopic (exact) mass is 638 g/mol. The lowest BCUT2D eigenvalue weighted by Gasteiger charge is -2.29. The molecule has 0 radical (unpaired) electrons. The maximum atomic E-state index is 5.24. The Labute approximate surface area is 293 Å². The van der Waals surface area contributed by atoms with Gasteiger partial charge in [-0.2, -0.15) is 0 Å². The van der Waals surface area contributed by atoms with Crippen molar-refractivity contribution < 1.29 is 0 Å². The molecule has 6 aromatic carbocycles. The molecular formula is C48H34N2. The minimum absolute atomic E-state index is 0.292. The van der Waals surface area contributed by atoms with Gasteiger partial charge in [-0.25, -0.2) is 4.98 Å². The van der Waals surface area contributed by atoms with Crippen molar-refractivity contribution >= 4 is 0 Å². The molecule has 1 unspecified atom stereocenters. The Kier molecular flexibility index (Phi) is 7.29. The van der Waals surface area contributed by atoms with E-state index in [0.29, 0.717) is 0 Å². The maximum absolute atomic E-state index is 5.24. The second kappa shape index (κ2) is 12.3. The van der Waals surface area contributed by atoms with Crippen molar-refractivity contribution in [3.63, 3.8) is 0 Å². The zero-order valence-corrected chi connectivity index (χ0v) is 27.8. The van der Waals surface area contributed by atoms with E-state index in [9.17, 15) is 0 Å². The molecule has 9 rings (SSSR count). The van der Waals surface area contributed by atoms with Crippen LogP contribution >= 0.6 is 0 Å². The van der Waals surface area contributed by atoms with Crippen molar-refractivity contribution in [2.45, 2.75) is 12.3 Å². The van der Waals surface area contributed by atoms with E-state index in [-0.39, 0.29) is 5.41 Å². The molecule has 1 atom stereocenters. The van der Waals surface area contributed by atoms with Gasteiger partial charge < -0.3 is 0 Å². The first kappa shape index (κ1) is 29.7. The quantitative estimate of drug-likeness (QED) is 0.181. The van der Waals surface area contributed by atoms with E-state index in [2.05, 4.69) is 176 Å². The zero-order valence-electron chi connectivity index (χ0n) is 27.8. The summed E-state index contributed by atoms with van der Waals surface area (Å²) in [6.45, 7) is 2.37. The summed E-state index contributed by atoms with van der Waals surface area (Å²) in [5, 5.41) is 0. The molecule has 0 spiro atoms. The SMILES string of the molecule is CC1(c2ccccc2)c2ccccc2-c2c1ccc(-c1cccc(-c3cc(-c4ccccc4)cc(-c4ccccc4)n3)c1)c2-c1cccnc1. The highest BCUT2D eigenvalue weighted by Crippen LogP contribution is 2.56. The summed E-state index contributed by atoms with van der Waals surface area (Å²) in [4.78, 5) is 9.85. The van der Waals surface area contributed by atoms with Crippen molar-refractivity contribution in [2.75, 3.05) is 0 Å². The Morgan fingerprint density at radius 3 is 1.76 bits per heavy atom. The highest BCUT2D eigenvalue weighted by Gasteiger charge is 2.42. The van der Waals surface area contributed by atoms with Gasteiger partial charge in [0.05, 0.1) is 11.4 Å². The molecule has 2 nitrogen and oxygen atoms in total. The molecule has 0 saturated carbocycles. The van der Waals surface area contributed by atoms with Crippen LogP contribution in [0, 0.1) is 0 Å². The van der Waals surface area contributed by atoms with Crippen LogP contribution in [-0.2, 0) is 5.41 Å². The van der Waals surface area contributed by atoms with Crippen LogP contribution in [0.3, 0.4) is 0 Å². The first-order valence-electron chi connectivity index (χ1n) is 17.2. The van der Waals surface area contributed by atoms with Gasteiger partial charge in [0.2, 0.25) is 0 Å². The highest BCUT2D eigenvalue weighted by atomic mass is 14.7. The third kappa shape index (κ3) is 4.96. The molecule has 1 aliphatic carbocycles. The highest BCUT2D eigenvalue weighted by molar-refractivity contribution is 6.01. The molecule has 50 heavy (non-hydrogen) atoms. The van der Waals surface area contributed by atoms with Gasteiger partial charge in [-0.05, 0) is 86.8 Å². The molecule has 0 saturated heterocycles. The molecule has 236 valence electrons. The summed E-state index contributed by atoms with van der Waals surface area (Å²) in [6.07, 6.45) is 3.85. The lowest BCUT2D eigenvalue weighted by molar-refractivity contribution is 0.714. The van der Waals surface area contributed by atoms with Crippen LogP contribution in [0.5, 0.6) is 0 Å². The fraction of sp³-hybridized carbons (Fsp3) is 0.0417. The van der Waals surface area contributed by atoms with E-state index in [1.807, 2.05) is 24.5 Å². The Balaban J connectivity index is 1.26. The second-order valence-corrected chi connectivity index (χ2v) is 13.1. The van der Waals surface area contributed by atoms with Crippen molar-refractivity contribution in [3.8, 4) is 67.0 Å². The van der Waals surface area contributed by atoms with E-state index in [1.165, 1.54) is 44.5 Å². The van der Waals surface area contributed by atoms with Crippen LogP contribution in [0.2, 0.25) is 0 Å². The van der Waals surface area contributed by atoms with Gasteiger partial charge in [-0.1, -0.05) is 152 Å². The molecule has 0 fully saturated rings. The van der Waals surface area contributed by atoms with E-state index in [0.717, 1.165) is 39.2 Å². The summed E-state index contributed by atoms with van der Waals surface area (Å²) in [7, 11) is 0. The van der Waals surface area contributed by atoms with Crippen molar-refractivity contribution in [2.24, 2.45) is 0 Å². The molecule has 1 aliphatic rings. The molecule has 2 aromatic heterocycles. The fourth-order valence-electron chi connectivity index (χ4n) is 7.79. The minimum Gasteiger partial charge on any atom is -0.264 e. The van der Waals surface area contributed by atoms with Gasteiger partial charge in [0, 0.05) is 34.5 Å². The van der Waals surface area contributed by atoms with Gasteiger partial charge in [-0.15, -0.1) is 0 Å². The fourth-order valence-corrected chi connectivity index (χ4v) is 7.79. The number of nitrogens with zero attached hydrogens (tertiary/aromatic N) is 2. The van der Waals surface area contributed by atoms with Crippen LogP contribution in [0.4, 0.5) is 0 Å². The van der Waals surface area contributed by atoms with Crippen molar-refractivity contribution in [1.29, 1.82) is 0 Å². The predicted molar refractivity (Wildman–Crippen MR) is 207 cm³/mol. The Bertz CT molecular complexity index is 2410. The Morgan fingerprint density at radius 1 is 0.400 bits per heavy atom. The molecule has 0 N–H and O–H groups in total. The number of aromatic nitrogens is 2. The molecule has 0 bridgehead atoms. The topological polar surface area (TPSA) is 25.8 Å². The van der Waals surface area contributed by atoms with E-state index in [4.69, 9.17) is 4.98 Å². The van der Waals surface area contributed by atoms with Crippen molar-refractivity contribution in [3.05, 3.63) is 205 Å². The third-order valence-electron chi connectivity index (χ3n) is 10.3. The van der Waals surface area contributed by atoms with Crippen LogP contribution < -0.4 is 0 Å². The predicted octanol–water partition coefficient (Wildman–Crippen LogP) is 12.1. The number of hydrogen-bond acceptors (Lipinski definition) is 2. The van der Waals surface area contributed by atoms with Crippen molar-refractivity contribution in [1.82, 2.24) is 9.97 Å². The van der Waals surface area contributed by atoms with Gasteiger partial charge in [0.15, 0.2) is 0 Å². The normalized spacial score (nSPS) is 14.6. The first-order valence-corrected chi connectivity index (χ1v) is 17.2. The Morgan fingerprint density at radius 2 is 1.02 bits per heavy atom. The largest absolute Gasteiger partial charge is 0.264 e. The maximum Gasteiger partial charge on any atom is 0.0715 e. The lowest BCUT2D eigenvalue weighted by Crippen LogP contribution is -2.22. The van der Waals surface area contributed by atoms with Gasteiger partial charge in [0.1, 0.15) is 0 Å². The number of benzene rings is 6. The summed E-state index contributed by atoms with van der Waals surface area (Å²) in [5.41, 5.74) is 17.2. The van der Waals surface area contributed by atoms with Gasteiger partial charge >= 0.3 is 0 Å². The zero-order chi connectivity index (χ0) is 33.5. The molecule has 8 aromatic rings. The summed E-state index contributed by atoms with van der Waals surface area (Å²) >= 11 is 0. The molecule has 0 amide bonds. The van der Waals surface area contributed by atoms with Crippen LogP contribution in [0.15, 0.2) is 188 Å². The van der Waals surface area contributed by atoms with E-state index in [1.54, 1.807) is 0 Å². The summed E-state index contributed by atoms with van der Waals surface area (Å²) in [5.74, 6) is 0. The average Bonchev–Trinajstić information content (AvgIpc) is 3.47. The standard InChI is InChI=1S/C48H34N2/c1-48(39-22-9-4-10-23-39)42-25-12-11-24-41(42)47-43(48)27-26-40(46(47)37-21-14-28-49-32-37)35-19-13-20-36(29-35)45-31-38(33-15-5-2-6-16-33)30-44(50-45)34-17-7-3-8-18-34/h2-32H,1H3. The minimum atomic E-state index is -0.292. The smallest absolute Gasteiger partial charge is 0.0715 e. The molecular weight excluding hydrogens is 605 g/mol. The van der Waals surface area contributed by atoms with Gasteiger partial charge in [-0.3, -0.25) is 4.98 Å². The summed E-state index contributed by atoms with van der Waals surface area (Å²) in [6, 6.07) is 63.0. The van der Waals surface area contributed by atoms with Gasteiger partial charge in [0.25, 0.3) is 0 Å². The second-order valence-electron chi connectivity index (χ2n) is 13.1. The molecule has 2 heteroatoms. The van der Waals surface area contributed by atoms with Crippen LogP contribution in [-0.4, -0.2) is 9.97 Å². The molecule has 0 aliphatic heterocycles. The van der Waals surface area contributed by atoms with Crippen LogP contribution in [0.25, 0.3) is 67.0 Å². The number of fused-ring (bicyclic) bond motifs is 3. The number of pyridine rings is 2. The van der Waals surface area contributed by atoms with E-state index >= 15 is 0 Å².